The Morgan fingerprint density at radius 2 is 1.05 bits per heavy atom. The van der Waals surface area contributed by atoms with Gasteiger partial charge in [-0.15, -0.1) is 0 Å². The summed E-state index contributed by atoms with van der Waals surface area (Å²) in [7, 11) is 0. The molecule has 0 spiro atoms. The Balaban J connectivity index is 0.000000173. The van der Waals surface area contributed by atoms with Gasteiger partial charge in [-0.3, -0.25) is 9.59 Å². The van der Waals surface area contributed by atoms with Crippen molar-refractivity contribution in [2.75, 3.05) is 0 Å². The Morgan fingerprint density at radius 3 is 1.68 bits per heavy atom. The summed E-state index contributed by atoms with van der Waals surface area (Å²) < 4.78 is 12.8. The van der Waals surface area contributed by atoms with Gasteiger partial charge in [0.15, 0.2) is 11.6 Å². The van der Waals surface area contributed by atoms with Gasteiger partial charge in [-0.1, -0.05) is 104 Å². The first kappa shape index (κ1) is 25.7. The van der Waals surface area contributed by atoms with Crippen molar-refractivity contribution in [2.24, 2.45) is 0 Å². The lowest BCUT2D eigenvalue weighted by atomic mass is 9.98. The molecular weight excluding hydrogens is 459 g/mol. The Kier molecular flexibility index (Phi) is 8.05. The molecule has 0 amide bonds. The molecule has 0 saturated carbocycles. The fraction of sp³-hybridized carbons (Fsp3) is 0.118. The number of carbonyl (C=O) groups is 2. The zero-order valence-electron chi connectivity index (χ0n) is 21.2. The van der Waals surface area contributed by atoms with Gasteiger partial charge in [-0.2, -0.15) is 0 Å². The average molecular weight is 489 g/mol. The number of ketones is 2. The summed E-state index contributed by atoms with van der Waals surface area (Å²) in [4.78, 5) is 24.5. The van der Waals surface area contributed by atoms with E-state index in [9.17, 15) is 14.0 Å². The highest BCUT2D eigenvalue weighted by atomic mass is 19.1. The number of benzene rings is 5. The predicted octanol–water partition coefficient (Wildman–Crippen LogP) is 8.56. The number of halogens is 1. The van der Waals surface area contributed by atoms with Crippen LogP contribution in [0.1, 0.15) is 62.7 Å². The molecule has 5 aromatic rings. The van der Waals surface area contributed by atoms with E-state index in [0.29, 0.717) is 17.0 Å². The van der Waals surface area contributed by atoms with Crippen molar-refractivity contribution in [1.82, 2.24) is 0 Å². The van der Waals surface area contributed by atoms with Crippen molar-refractivity contribution in [3.63, 3.8) is 0 Å². The van der Waals surface area contributed by atoms with Gasteiger partial charge in [-0.05, 0) is 59.5 Å². The minimum absolute atomic E-state index is 0.0723. The molecule has 0 bridgehead atoms. The normalized spacial score (nSPS) is 10.6. The third-order valence-electron chi connectivity index (χ3n) is 6.24. The standard InChI is InChI=1S/C18H14O.C16H15FO/c1-13-7-8-16-12-17(10-9-15(16)11-13)18(19)14-5-3-2-4-6-14;1-11(2)12-3-5-13(6-4-12)16(18)14-7-9-15(17)10-8-14/h2-12H,1H3;3-11H,1-2H3. The number of rotatable bonds is 5. The number of aryl methyl sites for hydroxylation is 1. The van der Waals surface area contributed by atoms with Crippen molar-refractivity contribution in [2.45, 2.75) is 26.7 Å². The van der Waals surface area contributed by atoms with Gasteiger partial charge in [0.2, 0.25) is 0 Å². The SMILES string of the molecule is CC(C)c1ccc(C(=O)c2ccc(F)cc2)cc1.Cc1ccc2cc(C(=O)c3ccccc3)ccc2c1. The van der Waals surface area contributed by atoms with Gasteiger partial charge in [-0.25, -0.2) is 4.39 Å². The number of hydrogen-bond acceptors (Lipinski definition) is 2. The number of fused-ring (bicyclic) bond motifs is 1. The maximum atomic E-state index is 12.8. The van der Waals surface area contributed by atoms with Gasteiger partial charge in [0.05, 0.1) is 0 Å². The Hall–Kier alpha value is -4.37. The molecule has 0 aliphatic rings. The van der Waals surface area contributed by atoms with Crippen LogP contribution < -0.4 is 0 Å². The molecule has 0 aromatic heterocycles. The summed E-state index contributed by atoms with van der Waals surface area (Å²) in [5.74, 6) is 0.107. The average Bonchev–Trinajstić information content (AvgIpc) is 2.93. The second-order valence-corrected chi connectivity index (χ2v) is 9.37. The largest absolute Gasteiger partial charge is 0.289 e. The first-order valence-electron chi connectivity index (χ1n) is 12.3. The molecule has 0 fully saturated rings. The second-order valence-electron chi connectivity index (χ2n) is 9.37. The first-order valence-corrected chi connectivity index (χ1v) is 12.3. The monoisotopic (exact) mass is 488 g/mol. The lowest BCUT2D eigenvalue weighted by molar-refractivity contribution is 0.103. The van der Waals surface area contributed by atoms with Crippen molar-refractivity contribution in [3.05, 3.63) is 154 Å². The molecular formula is C34H29FO2. The van der Waals surface area contributed by atoms with Gasteiger partial charge >= 0.3 is 0 Å². The van der Waals surface area contributed by atoms with Gasteiger partial charge in [0.1, 0.15) is 5.82 Å². The molecule has 0 aliphatic carbocycles. The third kappa shape index (κ3) is 6.45. The molecule has 0 saturated heterocycles. The lowest BCUT2D eigenvalue weighted by Crippen LogP contribution is -2.01. The highest BCUT2D eigenvalue weighted by molar-refractivity contribution is 6.10. The van der Waals surface area contributed by atoms with E-state index < -0.39 is 0 Å². The van der Waals surface area contributed by atoms with Crippen LogP contribution in [0.25, 0.3) is 10.8 Å². The van der Waals surface area contributed by atoms with Crippen molar-refractivity contribution >= 4 is 22.3 Å². The zero-order chi connectivity index (χ0) is 26.4. The summed E-state index contributed by atoms with van der Waals surface area (Å²) in [5, 5.41) is 2.27. The molecule has 5 aromatic carbocycles. The zero-order valence-corrected chi connectivity index (χ0v) is 21.2. The molecule has 0 atom stereocenters. The fourth-order valence-electron chi connectivity index (χ4n) is 4.05. The van der Waals surface area contributed by atoms with Crippen molar-refractivity contribution < 1.29 is 14.0 Å². The van der Waals surface area contributed by atoms with Crippen LogP contribution in [0.15, 0.2) is 115 Å². The topological polar surface area (TPSA) is 34.1 Å². The van der Waals surface area contributed by atoms with Crippen LogP contribution in [-0.2, 0) is 0 Å². The van der Waals surface area contributed by atoms with Gasteiger partial charge in [0.25, 0.3) is 0 Å². The van der Waals surface area contributed by atoms with Crippen LogP contribution in [0.5, 0.6) is 0 Å². The Morgan fingerprint density at radius 1 is 0.568 bits per heavy atom. The van der Waals surface area contributed by atoms with E-state index in [0.717, 1.165) is 16.5 Å². The molecule has 184 valence electrons. The van der Waals surface area contributed by atoms with E-state index in [1.165, 1.54) is 40.8 Å². The molecule has 2 nitrogen and oxygen atoms in total. The molecule has 3 heteroatoms. The summed E-state index contributed by atoms with van der Waals surface area (Å²) in [5.41, 5.74) is 5.04. The Bertz CT molecular complexity index is 1520. The van der Waals surface area contributed by atoms with Gasteiger partial charge < -0.3 is 0 Å². The van der Waals surface area contributed by atoms with Crippen LogP contribution in [0, 0.1) is 12.7 Å². The smallest absolute Gasteiger partial charge is 0.193 e. The fourth-order valence-corrected chi connectivity index (χ4v) is 4.05. The minimum atomic E-state index is -0.332. The molecule has 0 unspecified atom stereocenters. The van der Waals surface area contributed by atoms with Crippen molar-refractivity contribution in [3.8, 4) is 0 Å². The summed E-state index contributed by atoms with van der Waals surface area (Å²) in [6, 6.07) is 34.7. The van der Waals surface area contributed by atoms with Crippen molar-refractivity contribution in [1.29, 1.82) is 0 Å². The van der Waals surface area contributed by atoms with E-state index >= 15 is 0 Å². The summed E-state index contributed by atoms with van der Waals surface area (Å²) in [6.45, 7) is 6.29. The summed E-state index contributed by atoms with van der Waals surface area (Å²) >= 11 is 0. The minimum Gasteiger partial charge on any atom is -0.289 e. The predicted molar refractivity (Wildman–Crippen MR) is 149 cm³/mol. The van der Waals surface area contributed by atoms with E-state index in [-0.39, 0.29) is 17.4 Å². The highest BCUT2D eigenvalue weighted by Crippen LogP contribution is 2.20. The molecule has 5 rings (SSSR count). The molecule has 0 heterocycles. The van der Waals surface area contributed by atoms with Crippen LogP contribution in [-0.4, -0.2) is 11.6 Å². The van der Waals surface area contributed by atoms with Crippen LogP contribution in [0.4, 0.5) is 4.39 Å². The summed E-state index contributed by atoms with van der Waals surface area (Å²) in [6.07, 6.45) is 0. The lowest BCUT2D eigenvalue weighted by Gasteiger charge is -2.06. The van der Waals surface area contributed by atoms with E-state index in [2.05, 4.69) is 39.0 Å². The first-order chi connectivity index (χ1) is 17.8. The number of carbonyl (C=O) groups excluding carboxylic acids is 2. The molecule has 0 N–H and O–H groups in total. The van der Waals surface area contributed by atoms with E-state index in [1.54, 1.807) is 0 Å². The maximum Gasteiger partial charge on any atom is 0.193 e. The van der Waals surface area contributed by atoms with Crippen LogP contribution in [0.2, 0.25) is 0 Å². The molecule has 37 heavy (non-hydrogen) atoms. The number of hydrogen-bond donors (Lipinski definition) is 0. The quantitative estimate of drug-likeness (QED) is 0.232. The Labute approximate surface area is 217 Å². The van der Waals surface area contributed by atoms with Crippen LogP contribution in [0.3, 0.4) is 0 Å². The van der Waals surface area contributed by atoms with E-state index in [1.807, 2.05) is 72.8 Å². The molecule has 0 radical (unpaired) electrons. The van der Waals surface area contributed by atoms with E-state index in [4.69, 9.17) is 0 Å². The third-order valence-corrected chi connectivity index (χ3v) is 6.24. The van der Waals surface area contributed by atoms with Crippen LogP contribution >= 0.6 is 0 Å². The van der Waals surface area contributed by atoms with Gasteiger partial charge in [0, 0.05) is 22.3 Å². The maximum absolute atomic E-state index is 12.8. The highest BCUT2D eigenvalue weighted by Gasteiger charge is 2.10. The second kappa shape index (κ2) is 11.6. The molecule has 0 aliphatic heterocycles.